The molecule has 1 unspecified atom stereocenters. The normalized spacial score (nSPS) is 13.4. The topological polar surface area (TPSA) is 46.2 Å². The summed E-state index contributed by atoms with van der Waals surface area (Å²) in [4.78, 5) is 0. The van der Waals surface area contributed by atoms with E-state index < -0.39 is 16.1 Å². The molecule has 108 valence electrons. The van der Waals surface area contributed by atoms with E-state index in [2.05, 4.69) is 20.7 Å². The number of thiophene rings is 1. The lowest BCUT2D eigenvalue weighted by Crippen LogP contribution is -2.26. The molecule has 7 heteroatoms. The second kappa shape index (κ2) is 5.93. The Labute approximate surface area is 130 Å². The van der Waals surface area contributed by atoms with Crippen molar-refractivity contribution in [3.8, 4) is 0 Å². The van der Waals surface area contributed by atoms with Gasteiger partial charge in [0.15, 0.2) is 0 Å². The summed E-state index contributed by atoms with van der Waals surface area (Å²) >= 11 is 4.36. The van der Waals surface area contributed by atoms with Crippen LogP contribution in [0.5, 0.6) is 0 Å². The molecule has 0 spiro atoms. The van der Waals surface area contributed by atoms with E-state index in [9.17, 15) is 12.8 Å². The highest BCUT2D eigenvalue weighted by atomic mass is 79.9. The standard InChI is InChI=1S/C13H13BrFNO2S2/c1-8-3-4-10(7-11(8)15)9(2)16-20(17,18)13-6-5-12(14)19-13/h3-7,9,16H,1-2H3. The van der Waals surface area contributed by atoms with Crippen LogP contribution in [-0.2, 0) is 10.0 Å². The highest BCUT2D eigenvalue weighted by Crippen LogP contribution is 2.27. The summed E-state index contributed by atoms with van der Waals surface area (Å²) in [6.45, 7) is 3.35. The second-order valence-corrected chi connectivity index (χ2v) is 8.81. The minimum atomic E-state index is -3.59. The van der Waals surface area contributed by atoms with Crippen molar-refractivity contribution in [3.05, 3.63) is 51.1 Å². The number of rotatable bonds is 4. The summed E-state index contributed by atoms with van der Waals surface area (Å²) in [5.41, 5.74) is 1.12. The van der Waals surface area contributed by atoms with E-state index >= 15 is 0 Å². The van der Waals surface area contributed by atoms with Crippen LogP contribution >= 0.6 is 27.3 Å². The van der Waals surface area contributed by atoms with Crippen LogP contribution < -0.4 is 4.72 Å². The van der Waals surface area contributed by atoms with E-state index in [-0.39, 0.29) is 10.0 Å². The second-order valence-electron chi connectivity index (χ2n) is 4.41. The predicted molar refractivity (Wildman–Crippen MR) is 81.9 cm³/mol. The van der Waals surface area contributed by atoms with E-state index in [1.54, 1.807) is 32.0 Å². The average Bonchev–Trinajstić information content (AvgIpc) is 2.79. The van der Waals surface area contributed by atoms with E-state index in [1.165, 1.54) is 12.1 Å². The fraction of sp³-hybridized carbons (Fsp3) is 0.231. The highest BCUT2D eigenvalue weighted by molar-refractivity contribution is 9.11. The van der Waals surface area contributed by atoms with Gasteiger partial charge in [-0.3, -0.25) is 0 Å². The molecule has 0 radical (unpaired) electrons. The number of hydrogen-bond acceptors (Lipinski definition) is 3. The first-order chi connectivity index (χ1) is 9.29. The van der Waals surface area contributed by atoms with Gasteiger partial charge in [-0.05, 0) is 59.1 Å². The lowest BCUT2D eigenvalue weighted by atomic mass is 10.1. The van der Waals surface area contributed by atoms with Gasteiger partial charge in [0.25, 0.3) is 10.0 Å². The smallest absolute Gasteiger partial charge is 0.207 e. The Morgan fingerprint density at radius 3 is 2.55 bits per heavy atom. The lowest BCUT2D eigenvalue weighted by molar-refractivity contribution is 0.566. The average molecular weight is 378 g/mol. The molecule has 0 saturated heterocycles. The third-order valence-corrected chi connectivity index (χ3v) is 6.50. The first-order valence-corrected chi connectivity index (χ1v) is 8.92. The summed E-state index contributed by atoms with van der Waals surface area (Å²) in [7, 11) is -3.59. The first-order valence-electron chi connectivity index (χ1n) is 5.83. The molecule has 2 rings (SSSR count). The number of halogens is 2. The Hall–Kier alpha value is -0.760. The fourth-order valence-corrected chi connectivity index (χ4v) is 4.94. The number of sulfonamides is 1. The maximum atomic E-state index is 13.5. The van der Waals surface area contributed by atoms with Crippen molar-refractivity contribution in [1.29, 1.82) is 0 Å². The molecule has 1 N–H and O–H groups in total. The van der Waals surface area contributed by atoms with Gasteiger partial charge in [0.2, 0.25) is 0 Å². The van der Waals surface area contributed by atoms with E-state index in [1.807, 2.05) is 0 Å². The van der Waals surface area contributed by atoms with Gasteiger partial charge in [0.05, 0.1) is 3.79 Å². The molecule has 0 saturated carbocycles. The highest BCUT2D eigenvalue weighted by Gasteiger charge is 2.20. The number of hydrogen-bond donors (Lipinski definition) is 1. The van der Waals surface area contributed by atoms with Crippen molar-refractivity contribution >= 4 is 37.3 Å². The molecule has 1 aromatic carbocycles. The third-order valence-electron chi connectivity index (χ3n) is 2.84. The molecule has 0 fully saturated rings. The molecule has 1 atom stereocenters. The minimum absolute atomic E-state index is 0.226. The number of benzene rings is 1. The molecule has 0 aliphatic rings. The zero-order valence-corrected chi connectivity index (χ0v) is 14.1. The monoisotopic (exact) mass is 377 g/mol. The first kappa shape index (κ1) is 15.6. The van der Waals surface area contributed by atoms with Gasteiger partial charge < -0.3 is 0 Å². The molecule has 0 bridgehead atoms. The minimum Gasteiger partial charge on any atom is -0.207 e. The molecule has 1 heterocycles. The van der Waals surface area contributed by atoms with E-state index in [0.717, 1.165) is 15.1 Å². The van der Waals surface area contributed by atoms with Crippen molar-refractivity contribution in [2.45, 2.75) is 24.1 Å². The van der Waals surface area contributed by atoms with Crippen molar-refractivity contribution in [2.24, 2.45) is 0 Å². The van der Waals surface area contributed by atoms with Crippen LogP contribution in [0.1, 0.15) is 24.1 Å². The summed E-state index contributed by atoms with van der Waals surface area (Å²) in [6, 6.07) is 7.41. The molecule has 0 aliphatic carbocycles. The number of aryl methyl sites for hydroxylation is 1. The van der Waals surface area contributed by atoms with Gasteiger partial charge in [-0.2, -0.15) is 0 Å². The van der Waals surface area contributed by atoms with Crippen molar-refractivity contribution in [1.82, 2.24) is 4.72 Å². The summed E-state index contributed by atoms with van der Waals surface area (Å²) in [5.74, 6) is -0.340. The van der Waals surface area contributed by atoms with Crippen LogP contribution in [0.4, 0.5) is 4.39 Å². The molecular weight excluding hydrogens is 365 g/mol. The Morgan fingerprint density at radius 1 is 1.30 bits per heavy atom. The van der Waals surface area contributed by atoms with Gasteiger partial charge in [-0.25, -0.2) is 17.5 Å². The van der Waals surface area contributed by atoms with Gasteiger partial charge in [0, 0.05) is 6.04 Å². The quantitative estimate of drug-likeness (QED) is 0.874. The van der Waals surface area contributed by atoms with Crippen molar-refractivity contribution < 1.29 is 12.8 Å². The van der Waals surface area contributed by atoms with Gasteiger partial charge >= 0.3 is 0 Å². The molecule has 1 aromatic heterocycles. The molecule has 0 aliphatic heterocycles. The molecule has 3 nitrogen and oxygen atoms in total. The Bertz CT molecular complexity index is 728. The Kier molecular flexibility index (Phi) is 4.63. The van der Waals surface area contributed by atoms with Crippen LogP contribution in [0.25, 0.3) is 0 Å². The van der Waals surface area contributed by atoms with Gasteiger partial charge in [-0.15, -0.1) is 11.3 Å². The Morgan fingerprint density at radius 2 is 2.00 bits per heavy atom. The van der Waals surface area contributed by atoms with E-state index in [0.29, 0.717) is 11.1 Å². The van der Waals surface area contributed by atoms with Crippen molar-refractivity contribution in [2.75, 3.05) is 0 Å². The summed E-state index contributed by atoms with van der Waals surface area (Å²) in [6.07, 6.45) is 0. The lowest BCUT2D eigenvalue weighted by Gasteiger charge is -2.14. The zero-order chi connectivity index (χ0) is 14.9. The molecule has 0 amide bonds. The third kappa shape index (κ3) is 3.46. The van der Waals surface area contributed by atoms with Crippen LogP contribution in [-0.4, -0.2) is 8.42 Å². The van der Waals surface area contributed by atoms with Crippen molar-refractivity contribution in [3.63, 3.8) is 0 Å². The summed E-state index contributed by atoms with van der Waals surface area (Å²) < 4.78 is 41.4. The van der Waals surface area contributed by atoms with Crippen LogP contribution in [0, 0.1) is 12.7 Å². The Balaban J connectivity index is 2.22. The number of nitrogens with one attached hydrogen (secondary N) is 1. The molecular formula is C13H13BrFNO2S2. The SMILES string of the molecule is Cc1ccc(C(C)NS(=O)(=O)c2ccc(Br)s2)cc1F. The van der Waals surface area contributed by atoms with Crippen LogP contribution in [0.3, 0.4) is 0 Å². The van der Waals surface area contributed by atoms with Gasteiger partial charge in [0.1, 0.15) is 10.0 Å². The maximum Gasteiger partial charge on any atom is 0.250 e. The fourth-order valence-electron chi connectivity index (χ4n) is 1.68. The summed E-state index contributed by atoms with van der Waals surface area (Å²) in [5, 5.41) is 0. The maximum absolute atomic E-state index is 13.5. The van der Waals surface area contributed by atoms with Crippen LogP contribution in [0.15, 0.2) is 38.3 Å². The van der Waals surface area contributed by atoms with Crippen LogP contribution in [0.2, 0.25) is 0 Å². The zero-order valence-electron chi connectivity index (χ0n) is 10.9. The van der Waals surface area contributed by atoms with E-state index in [4.69, 9.17) is 0 Å². The molecule has 20 heavy (non-hydrogen) atoms. The van der Waals surface area contributed by atoms with Gasteiger partial charge in [-0.1, -0.05) is 12.1 Å². The largest absolute Gasteiger partial charge is 0.250 e. The predicted octanol–water partition coefficient (Wildman–Crippen LogP) is 4.00. The molecule has 2 aromatic rings.